The Morgan fingerprint density at radius 2 is 1.81 bits per heavy atom. The Morgan fingerprint density at radius 1 is 1.13 bits per heavy atom. The van der Waals surface area contributed by atoms with Crippen LogP contribution in [-0.2, 0) is 6.54 Å². The molecule has 0 radical (unpaired) electrons. The molecule has 31 heavy (non-hydrogen) atoms. The number of anilines is 1. The molecule has 1 aliphatic rings. The number of aromatic nitrogens is 2. The second-order valence-electron chi connectivity index (χ2n) is 7.74. The van der Waals surface area contributed by atoms with E-state index >= 15 is 0 Å². The van der Waals surface area contributed by atoms with Crippen LogP contribution in [0.1, 0.15) is 24.0 Å². The maximum Gasteiger partial charge on any atom is 0.293 e. The molecule has 0 bridgehead atoms. The monoisotopic (exact) mass is 415 g/mol. The van der Waals surface area contributed by atoms with E-state index in [1.165, 1.54) is 0 Å². The summed E-state index contributed by atoms with van der Waals surface area (Å²) < 4.78 is 6.93. The fourth-order valence-electron chi connectivity index (χ4n) is 3.74. The first-order valence-corrected chi connectivity index (χ1v) is 10.3. The molecule has 0 amide bonds. The fraction of sp³-hybridized carbons (Fsp3) is 0.292. The van der Waals surface area contributed by atoms with Crippen LogP contribution in [-0.4, -0.2) is 35.8 Å². The highest BCUT2D eigenvalue weighted by Crippen LogP contribution is 2.22. The molecule has 2 aromatic carbocycles. The molecule has 2 N–H and O–H groups in total. The van der Waals surface area contributed by atoms with Crippen molar-refractivity contribution in [3.63, 3.8) is 0 Å². The van der Waals surface area contributed by atoms with Gasteiger partial charge in [0.05, 0.1) is 31.0 Å². The lowest BCUT2D eigenvalue weighted by molar-refractivity contribution is 0.414. The molecule has 1 fully saturated rings. The van der Waals surface area contributed by atoms with Gasteiger partial charge in [0.25, 0.3) is 5.56 Å². The van der Waals surface area contributed by atoms with Gasteiger partial charge in [0, 0.05) is 30.9 Å². The summed E-state index contributed by atoms with van der Waals surface area (Å²) in [5, 5.41) is 9.08. The van der Waals surface area contributed by atoms with E-state index in [2.05, 4.69) is 6.07 Å². The normalized spacial score (nSPS) is 14.3. The van der Waals surface area contributed by atoms with Gasteiger partial charge >= 0.3 is 0 Å². The minimum Gasteiger partial charge on any atom is -0.497 e. The van der Waals surface area contributed by atoms with E-state index in [4.69, 9.17) is 20.7 Å². The molecular formula is C24H25N5O2. The Hall–Kier alpha value is -3.63. The van der Waals surface area contributed by atoms with E-state index in [-0.39, 0.29) is 11.6 Å². The molecule has 1 saturated heterocycles. The Morgan fingerprint density at radius 3 is 2.42 bits per heavy atom. The van der Waals surface area contributed by atoms with Gasteiger partial charge < -0.3 is 19.9 Å². The SMILES string of the molecule is COc1ccc(Cn2cc(-c3ccc(C#N)cc3)nc(N3CCC(N)CC3)c2=O)cc1. The molecule has 0 atom stereocenters. The van der Waals surface area contributed by atoms with Crippen LogP contribution in [0.5, 0.6) is 5.75 Å². The van der Waals surface area contributed by atoms with Crippen molar-refractivity contribution in [1.82, 2.24) is 9.55 Å². The number of ether oxygens (including phenoxy) is 1. The van der Waals surface area contributed by atoms with Crippen molar-refractivity contribution in [2.24, 2.45) is 5.73 Å². The van der Waals surface area contributed by atoms with Gasteiger partial charge in [0.15, 0.2) is 5.82 Å². The van der Waals surface area contributed by atoms with E-state index in [9.17, 15) is 4.79 Å². The largest absolute Gasteiger partial charge is 0.497 e. The lowest BCUT2D eigenvalue weighted by Crippen LogP contribution is -2.43. The number of piperidine rings is 1. The lowest BCUT2D eigenvalue weighted by atomic mass is 10.1. The van der Waals surface area contributed by atoms with Gasteiger partial charge in [-0.2, -0.15) is 5.26 Å². The average molecular weight is 415 g/mol. The van der Waals surface area contributed by atoms with Crippen LogP contribution in [0.3, 0.4) is 0 Å². The standard InChI is InChI=1S/C24H25N5O2/c1-31-21-8-4-18(5-9-21)15-29-16-22(19-6-2-17(14-25)3-7-19)27-23(24(29)30)28-12-10-20(26)11-13-28/h2-9,16,20H,10-13,15,26H2,1H3. The van der Waals surface area contributed by atoms with Crippen LogP contribution in [0, 0.1) is 11.3 Å². The number of hydrogen-bond donors (Lipinski definition) is 1. The van der Waals surface area contributed by atoms with Gasteiger partial charge in [-0.3, -0.25) is 4.79 Å². The van der Waals surface area contributed by atoms with E-state index in [0.29, 0.717) is 36.7 Å². The average Bonchev–Trinajstić information content (AvgIpc) is 2.81. The molecule has 0 spiro atoms. The summed E-state index contributed by atoms with van der Waals surface area (Å²) in [6.07, 6.45) is 3.45. The second-order valence-corrected chi connectivity index (χ2v) is 7.74. The van der Waals surface area contributed by atoms with Crippen molar-refractivity contribution >= 4 is 5.82 Å². The van der Waals surface area contributed by atoms with Gasteiger partial charge in [-0.05, 0) is 42.7 Å². The highest BCUT2D eigenvalue weighted by molar-refractivity contribution is 5.61. The maximum atomic E-state index is 13.3. The molecule has 4 rings (SSSR count). The molecule has 1 aromatic heterocycles. The van der Waals surface area contributed by atoms with Gasteiger partial charge in [-0.15, -0.1) is 0 Å². The summed E-state index contributed by atoms with van der Waals surface area (Å²) in [4.78, 5) is 20.1. The Kier molecular flexibility index (Phi) is 6.01. The maximum absolute atomic E-state index is 13.3. The van der Waals surface area contributed by atoms with Crippen LogP contribution in [0.15, 0.2) is 59.5 Å². The molecule has 0 saturated carbocycles. The summed E-state index contributed by atoms with van der Waals surface area (Å²) in [5.74, 6) is 1.22. The number of rotatable bonds is 5. The molecule has 7 nitrogen and oxygen atoms in total. The number of hydrogen-bond acceptors (Lipinski definition) is 6. The van der Waals surface area contributed by atoms with E-state index in [1.807, 2.05) is 41.3 Å². The van der Waals surface area contributed by atoms with Crippen molar-refractivity contribution in [3.8, 4) is 23.1 Å². The quantitative estimate of drug-likeness (QED) is 0.688. The van der Waals surface area contributed by atoms with Crippen LogP contribution in [0.4, 0.5) is 5.82 Å². The van der Waals surface area contributed by atoms with Crippen molar-refractivity contribution < 1.29 is 4.74 Å². The number of nitriles is 1. The van der Waals surface area contributed by atoms with Crippen LogP contribution in [0.25, 0.3) is 11.3 Å². The zero-order chi connectivity index (χ0) is 21.8. The minimum absolute atomic E-state index is 0.122. The summed E-state index contributed by atoms with van der Waals surface area (Å²) in [7, 11) is 1.63. The van der Waals surface area contributed by atoms with Crippen molar-refractivity contribution in [3.05, 3.63) is 76.2 Å². The Labute approximate surface area is 181 Å². The van der Waals surface area contributed by atoms with E-state index in [0.717, 1.165) is 29.7 Å². The van der Waals surface area contributed by atoms with Crippen LogP contribution in [0.2, 0.25) is 0 Å². The number of methoxy groups -OCH3 is 1. The molecule has 3 aromatic rings. The smallest absolute Gasteiger partial charge is 0.293 e. The number of benzene rings is 2. The predicted molar refractivity (Wildman–Crippen MR) is 120 cm³/mol. The van der Waals surface area contributed by atoms with Crippen LogP contribution < -0.4 is 20.9 Å². The van der Waals surface area contributed by atoms with Gasteiger partial charge in [0.2, 0.25) is 0 Å². The highest BCUT2D eigenvalue weighted by atomic mass is 16.5. The molecule has 0 aliphatic carbocycles. The molecule has 1 aliphatic heterocycles. The van der Waals surface area contributed by atoms with Gasteiger partial charge in [-0.1, -0.05) is 24.3 Å². The summed E-state index contributed by atoms with van der Waals surface area (Å²) >= 11 is 0. The van der Waals surface area contributed by atoms with Gasteiger partial charge in [-0.25, -0.2) is 4.98 Å². The number of nitrogens with zero attached hydrogens (tertiary/aromatic N) is 4. The first kappa shape index (κ1) is 20.6. The first-order valence-electron chi connectivity index (χ1n) is 10.3. The molecular weight excluding hydrogens is 390 g/mol. The van der Waals surface area contributed by atoms with Crippen LogP contribution >= 0.6 is 0 Å². The summed E-state index contributed by atoms with van der Waals surface area (Å²) in [6.45, 7) is 1.85. The zero-order valence-corrected chi connectivity index (χ0v) is 17.5. The van der Waals surface area contributed by atoms with Crippen molar-refractivity contribution in [2.45, 2.75) is 25.4 Å². The third-order valence-electron chi connectivity index (χ3n) is 5.62. The van der Waals surface area contributed by atoms with Crippen molar-refractivity contribution in [2.75, 3.05) is 25.1 Å². The first-order chi connectivity index (χ1) is 15.1. The molecule has 2 heterocycles. The highest BCUT2D eigenvalue weighted by Gasteiger charge is 2.22. The predicted octanol–water partition coefficient (Wildman–Crippen LogP) is 2.77. The van der Waals surface area contributed by atoms with E-state index in [1.54, 1.807) is 30.0 Å². The number of nitrogens with two attached hydrogens (primary N) is 1. The second kappa shape index (κ2) is 9.02. The zero-order valence-electron chi connectivity index (χ0n) is 17.5. The van der Waals surface area contributed by atoms with Gasteiger partial charge in [0.1, 0.15) is 5.75 Å². The lowest BCUT2D eigenvalue weighted by Gasteiger charge is -2.31. The van der Waals surface area contributed by atoms with E-state index < -0.39 is 0 Å². The van der Waals surface area contributed by atoms with Crippen molar-refractivity contribution in [1.29, 1.82) is 5.26 Å². The molecule has 158 valence electrons. The topological polar surface area (TPSA) is 97.2 Å². The molecule has 0 unspecified atom stereocenters. The summed E-state index contributed by atoms with van der Waals surface area (Å²) in [5.41, 5.74) is 9.06. The third kappa shape index (κ3) is 4.60. The summed E-state index contributed by atoms with van der Waals surface area (Å²) in [6, 6.07) is 17.2. The molecule has 7 heteroatoms. The fourth-order valence-corrected chi connectivity index (χ4v) is 3.74. The Balaban J connectivity index is 1.75. The minimum atomic E-state index is -0.122. The third-order valence-corrected chi connectivity index (χ3v) is 5.62. The Bertz CT molecular complexity index is 1140.